The highest BCUT2D eigenvalue weighted by atomic mass is 16.4. The van der Waals surface area contributed by atoms with Crippen molar-refractivity contribution in [2.45, 2.75) is 89.6 Å². The lowest BCUT2D eigenvalue weighted by Gasteiger charge is -2.34. The number of carboxylic acids is 1. The second-order valence-corrected chi connectivity index (χ2v) is 6.08. The Labute approximate surface area is 117 Å². The van der Waals surface area contributed by atoms with Gasteiger partial charge in [-0.15, -0.1) is 0 Å². The fourth-order valence-corrected chi connectivity index (χ4v) is 3.36. The van der Waals surface area contributed by atoms with Gasteiger partial charge < -0.3 is 10.2 Å². The number of hydrogen-bond acceptors (Lipinski definition) is 2. The van der Waals surface area contributed by atoms with Crippen molar-refractivity contribution in [1.29, 1.82) is 0 Å². The van der Waals surface area contributed by atoms with Crippen molar-refractivity contribution in [2.75, 3.05) is 0 Å². The van der Waals surface area contributed by atoms with Crippen molar-refractivity contribution in [3.8, 4) is 0 Å². The monoisotopic (exact) mass is 270 g/mol. The van der Waals surface area contributed by atoms with Crippen molar-refractivity contribution in [1.82, 2.24) is 0 Å². The van der Waals surface area contributed by atoms with Crippen molar-refractivity contribution in [3.63, 3.8) is 0 Å². The van der Waals surface area contributed by atoms with Gasteiger partial charge in [0.2, 0.25) is 0 Å². The zero-order valence-corrected chi connectivity index (χ0v) is 12.4. The molecule has 0 spiro atoms. The summed E-state index contributed by atoms with van der Waals surface area (Å²) in [6.07, 6.45) is 12.3. The van der Waals surface area contributed by atoms with Crippen molar-refractivity contribution in [3.05, 3.63) is 0 Å². The van der Waals surface area contributed by atoms with E-state index in [4.69, 9.17) is 0 Å². The van der Waals surface area contributed by atoms with E-state index in [1.54, 1.807) is 0 Å². The number of aliphatic carboxylic acids is 1. The number of hydrogen-bond donors (Lipinski definition) is 2. The Bertz CT molecular complexity index is 251. The maximum Gasteiger partial charge on any atom is 0.309 e. The minimum Gasteiger partial charge on any atom is -0.481 e. The molecule has 0 saturated heterocycles. The third-order valence-electron chi connectivity index (χ3n) is 4.57. The third-order valence-corrected chi connectivity index (χ3v) is 4.57. The first-order valence-corrected chi connectivity index (χ1v) is 8.05. The average Bonchev–Trinajstić information content (AvgIpc) is 2.34. The van der Waals surface area contributed by atoms with Crippen LogP contribution >= 0.6 is 0 Å². The molecule has 1 aliphatic rings. The molecule has 1 saturated carbocycles. The smallest absolute Gasteiger partial charge is 0.309 e. The summed E-state index contributed by atoms with van der Waals surface area (Å²) < 4.78 is 0. The second-order valence-electron chi connectivity index (χ2n) is 6.08. The number of carbonyl (C=O) groups is 1. The highest BCUT2D eigenvalue weighted by Crippen LogP contribution is 2.33. The summed E-state index contributed by atoms with van der Waals surface area (Å²) in [7, 11) is 0. The molecule has 0 aliphatic heterocycles. The van der Waals surface area contributed by atoms with E-state index in [0.717, 1.165) is 25.7 Å². The van der Waals surface area contributed by atoms with Crippen molar-refractivity contribution in [2.24, 2.45) is 5.92 Å². The molecule has 0 radical (unpaired) electrons. The largest absolute Gasteiger partial charge is 0.481 e. The van der Waals surface area contributed by atoms with Gasteiger partial charge in [0.15, 0.2) is 0 Å². The van der Waals surface area contributed by atoms with Gasteiger partial charge in [-0.1, -0.05) is 64.7 Å². The summed E-state index contributed by atoms with van der Waals surface area (Å²) in [6.45, 7) is 1.87. The quantitative estimate of drug-likeness (QED) is 0.810. The van der Waals surface area contributed by atoms with Crippen LogP contribution < -0.4 is 0 Å². The molecule has 19 heavy (non-hydrogen) atoms. The van der Waals surface area contributed by atoms with E-state index >= 15 is 0 Å². The van der Waals surface area contributed by atoms with E-state index < -0.39 is 17.5 Å². The van der Waals surface area contributed by atoms with Crippen LogP contribution in [0.2, 0.25) is 0 Å². The Kier molecular flexibility index (Phi) is 7.44. The maximum absolute atomic E-state index is 11.3. The van der Waals surface area contributed by atoms with Crippen LogP contribution in [0.3, 0.4) is 0 Å². The van der Waals surface area contributed by atoms with Gasteiger partial charge >= 0.3 is 5.97 Å². The van der Waals surface area contributed by atoms with Crippen LogP contribution in [0.15, 0.2) is 0 Å². The normalized spacial score (nSPS) is 23.9. The van der Waals surface area contributed by atoms with E-state index in [2.05, 4.69) is 0 Å². The lowest BCUT2D eigenvalue weighted by Crippen LogP contribution is -2.42. The van der Waals surface area contributed by atoms with Crippen LogP contribution in [0.1, 0.15) is 84.0 Å². The van der Waals surface area contributed by atoms with E-state index in [9.17, 15) is 15.0 Å². The molecule has 1 aliphatic carbocycles. The van der Waals surface area contributed by atoms with Gasteiger partial charge in [-0.25, -0.2) is 0 Å². The summed E-state index contributed by atoms with van der Waals surface area (Å²) in [6, 6.07) is 0. The van der Waals surface area contributed by atoms with Gasteiger partial charge in [-0.2, -0.15) is 0 Å². The highest BCUT2D eigenvalue weighted by Gasteiger charge is 2.39. The van der Waals surface area contributed by atoms with E-state index in [1.165, 1.54) is 32.1 Å². The molecule has 1 atom stereocenters. The second kappa shape index (κ2) is 8.57. The summed E-state index contributed by atoms with van der Waals surface area (Å²) in [5.74, 6) is -1.44. The Morgan fingerprint density at radius 3 is 1.63 bits per heavy atom. The zero-order valence-electron chi connectivity index (χ0n) is 12.4. The summed E-state index contributed by atoms with van der Waals surface area (Å²) >= 11 is 0. The predicted molar refractivity (Wildman–Crippen MR) is 77.2 cm³/mol. The first-order valence-electron chi connectivity index (χ1n) is 8.05. The third kappa shape index (κ3) is 5.52. The lowest BCUT2D eigenvalue weighted by molar-refractivity contribution is -0.154. The van der Waals surface area contributed by atoms with Gasteiger partial charge in [0.05, 0.1) is 11.5 Å². The number of aliphatic hydroxyl groups is 1. The molecule has 0 heterocycles. The number of carboxylic acid groups (broad SMARTS) is 1. The van der Waals surface area contributed by atoms with Gasteiger partial charge in [0.1, 0.15) is 0 Å². The molecule has 0 amide bonds. The first-order chi connectivity index (χ1) is 9.10. The molecule has 0 aromatic carbocycles. The van der Waals surface area contributed by atoms with Crippen molar-refractivity contribution < 1.29 is 15.0 Å². The molecule has 0 aromatic heterocycles. The van der Waals surface area contributed by atoms with Gasteiger partial charge in [0.25, 0.3) is 0 Å². The fraction of sp³-hybridized carbons (Fsp3) is 0.938. The van der Waals surface area contributed by atoms with Crippen molar-refractivity contribution >= 4 is 5.97 Å². The van der Waals surface area contributed by atoms with Gasteiger partial charge in [-0.05, 0) is 19.3 Å². The van der Waals surface area contributed by atoms with Gasteiger partial charge in [0, 0.05) is 0 Å². The van der Waals surface area contributed by atoms with Crippen LogP contribution in [0.25, 0.3) is 0 Å². The number of rotatable bonds is 3. The average molecular weight is 270 g/mol. The molecular formula is C16H30O3. The highest BCUT2D eigenvalue weighted by molar-refractivity contribution is 5.71. The predicted octanol–water partition coefficient (Wildman–Crippen LogP) is 4.13. The summed E-state index contributed by atoms with van der Waals surface area (Å²) in [4.78, 5) is 11.3. The molecule has 112 valence electrons. The molecule has 1 fully saturated rings. The lowest BCUT2D eigenvalue weighted by atomic mass is 9.77. The van der Waals surface area contributed by atoms with Crippen LogP contribution in [-0.2, 0) is 4.79 Å². The van der Waals surface area contributed by atoms with E-state index in [0.29, 0.717) is 19.3 Å². The van der Waals surface area contributed by atoms with Gasteiger partial charge in [-0.3, -0.25) is 4.79 Å². The Hall–Kier alpha value is -0.570. The zero-order chi connectivity index (χ0) is 14.1. The van der Waals surface area contributed by atoms with Crippen LogP contribution in [0, 0.1) is 5.92 Å². The molecule has 2 N–H and O–H groups in total. The molecule has 0 bridgehead atoms. The molecule has 1 rings (SSSR count). The molecular weight excluding hydrogens is 240 g/mol. The standard InChI is InChI=1S/C16H30O3/c1-2-14(15(17)18)16(19)12-10-8-6-4-3-5-7-9-11-13-16/h14,19H,2-13H2,1H3,(H,17,18). The topological polar surface area (TPSA) is 57.5 Å². The van der Waals surface area contributed by atoms with E-state index in [-0.39, 0.29) is 0 Å². The molecule has 1 unspecified atom stereocenters. The maximum atomic E-state index is 11.3. The Balaban J connectivity index is 2.65. The first kappa shape index (κ1) is 16.5. The fourth-order valence-electron chi connectivity index (χ4n) is 3.36. The SMILES string of the molecule is CCC(C(=O)O)C1(O)CCCCCCCCCCC1. The molecule has 3 nitrogen and oxygen atoms in total. The van der Waals surface area contributed by atoms with Crippen LogP contribution in [0.5, 0.6) is 0 Å². The van der Waals surface area contributed by atoms with Crippen LogP contribution in [0.4, 0.5) is 0 Å². The Morgan fingerprint density at radius 1 is 0.947 bits per heavy atom. The van der Waals surface area contributed by atoms with Crippen LogP contribution in [-0.4, -0.2) is 21.8 Å². The Morgan fingerprint density at radius 2 is 1.32 bits per heavy atom. The van der Waals surface area contributed by atoms with E-state index in [1.807, 2.05) is 6.92 Å². The molecule has 3 heteroatoms. The molecule has 0 aromatic rings. The summed E-state index contributed by atoms with van der Waals surface area (Å²) in [5, 5.41) is 20.1. The minimum atomic E-state index is -0.986. The summed E-state index contributed by atoms with van der Waals surface area (Å²) in [5.41, 5.74) is -0.986. The minimum absolute atomic E-state index is 0.520.